The zero-order valence-corrected chi connectivity index (χ0v) is 20.6. The maximum absolute atomic E-state index is 13.2. The van der Waals surface area contributed by atoms with Gasteiger partial charge in [0.2, 0.25) is 5.91 Å². The first-order chi connectivity index (χ1) is 16.5. The van der Waals surface area contributed by atoms with Crippen molar-refractivity contribution in [3.8, 4) is 0 Å². The van der Waals surface area contributed by atoms with Gasteiger partial charge in [0.25, 0.3) is 5.91 Å². The summed E-state index contributed by atoms with van der Waals surface area (Å²) in [5, 5.41) is 3.52. The average molecular weight is 463 g/mol. The number of carbonyl (C=O) groups is 2. The number of nitrogens with one attached hydrogen (secondary N) is 1. The van der Waals surface area contributed by atoms with Gasteiger partial charge in [-0.1, -0.05) is 38.1 Å². The van der Waals surface area contributed by atoms with Gasteiger partial charge in [-0.2, -0.15) is 0 Å². The number of nitrogens with two attached hydrogens (primary N) is 1. The van der Waals surface area contributed by atoms with E-state index < -0.39 is 0 Å². The molecule has 3 aliphatic rings. The van der Waals surface area contributed by atoms with E-state index in [0.29, 0.717) is 6.42 Å². The first-order valence-electron chi connectivity index (χ1n) is 12.8. The van der Waals surface area contributed by atoms with Crippen LogP contribution in [0.25, 0.3) is 5.57 Å². The number of fused-ring (bicyclic) bond motifs is 1. The zero-order chi connectivity index (χ0) is 24.1. The number of hydrogen-bond donors (Lipinski definition) is 2. The van der Waals surface area contributed by atoms with Crippen LogP contribution in [-0.2, 0) is 4.79 Å². The predicted molar refractivity (Wildman–Crippen MR) is 137 cm³/mol. The highest BCUT2D eigenvalue weighted by atomic mass is 16.2. The maximum Gasteiger partial charge on any atom is 0.253 e. The van der Waals surface area contributed by atoms with E-state index in [4.69, 9.17) is 5.73 Å². The summed E-state index contributed by atoms with van der Waals surface area (Å²) in [7, 11) is 0. The van der Waals surface area contributed by atoms with Gasteiger partial charge in [-0.15, -0.1) is 0 Å². The molecule has 2 atom stereocenters. The Kier molecular flexibility index (Phi) is 8.01. The van der Waals surface area contributed by atoms with Crippen LogP contribution in [0.3, 0.4) is 0 Å². The SMILES string of the molecule is CCCN(CCC)C(=O)C1=CC2=CC=C(c3ccc(C(=O)N4CCCC4)cc3)CC2NC(N)C1. The van der Waals surface area contributed by atoms with Gasteiger partial charge in [-0.25, -0.2) is 0 Å². The van der Waals surface area contributed by atoms with Crippen molar-refractivity contribution >= 4 is 17.4 Å². The van der Waals surface area contributed by atoms with E-state index >= 15 is 0 Å². The second-order valence-electron chi connectivity index (χ2n) is 9.63. The summed E-state index contributed by atoms with van der Waals surface area (Å²) in [6, 6.07) is 8.03. The largest absolute Gasteiger partial charge is 0.339 e. The Morgan fingerprint density at radius 1 is 1.03 bits per heavy atom. The number of likely N-dealkylation sites (tertiary alicyclic amines) is 1. The van der Waals surface area contributed by atoms with E-state index in [1.165, 1.54) is 5.57 Å². The van der Waals surface area contributed by atoms with E-state index in [0.717, 1.165) is 80.6 Å². The third-order valence-electron chi connectivity index (χ3n) is 6.94. The van der Waals surface area contributed by atoms with Gasteiger partial charge in [0.1, 0.15) is 0 Å². The zero-order valence-electron chi connectivity index (χ0n) is 20.6. The van der Waals surface area contributed by atoms with Crippen molar-refractivity contribution < 1.29 is 9.59 Å². The number of benzene rings is 1. The van der Waals surface area contributed by atoms with Crippen LogP contribution < -0.4 is 11.1 Å². The highest BCUT2D eigenvalue weighted by molar-refractivity contribution is 5.95. The topological polar surface area (TPSA) is 78.7 Å². The Bertz CT molecular complexity index is 980. The number of carbonyl (C=O) groups excluding carboxylic acids is 2. The fourth-order valence-corrected chi connectivity index (χ4v) is 5.19. The first kappa shape index (κ1) is 24.4. The lowest BCUT2D eigenvalue weighted by molar-refractivity contribution is -0.127. The second-order valence-corrected chi connectivity index (χ2v) is 9.63. The molecule has 0 bridgehead atoms. The van der Waals surface area contributed by atoms with Gasteiger partial charge in [0, 0.05) is 49.8 Å². The van der Waals surface area contributed by atoms with Crippen molar-refractivity contribution in [2.75, 3.05) is 26.2 Å². The molecule has 1 aromatic carbocycles. The normalized spacial score (nSPS) is 22.3. The molecule has 1 saturated heterocycles. The quantitative estimate of drug-likeness (QED) is 0.645. The molecule has 2 aliphatic heterocycles. The van der Waals surface area contributed by atoms with E-state index in [1.54, 1.807) is 0 Å². The molecule has 6 nitrogen and oxygen atoms in total. The molecule has 2 unspecified atom stereocenters. The molecule has 1 aliphatic carbocycles. The van der Waals surface area contributed by atoms with Gasteiger partial charge >= 0.3 is 0 Å². The molecule has 2 heterocycles. The van der Waals surface area contributed by atoms with Gasteiger partial charge < -0.3 is 15.5 Å². The Hall–Kier alpha value is -2.70. The molecule has 1 aromatic rings. The predicted octanol–water partition coefficient (Wildman–Crippen LogP) is 3.86. The van der Waals surface area contributed by atoms with Gasteiger partial charge in [0.15, 0.2) is 0 Å². The summed E-state index contributed by atoms with van der Waals surface area (Å²) in [5.74, 6) is 0.235. The fourth-order valence-electron chi connectivity index (χ4n) is 5.19. The van der Waals surface area contributed by atoms with Gasteiger partial charge in [0.05, 0.1) is 6.17 Å². The molecule has 6 heteroatoms. The molecule has 182 valence electrons. The number of allylic oxidation sites excluding steroid dienone is 2. The average Bonchev–Trinajstić information content (AvgIpc) is 3.33. The summed E-state index contributed by atoms with van der Waals surface area (Å²) < 4.78 is 0. The molecule has 0 radical (unpaired) electrons. The standard InChI is InChI=1S/C28H38N4O2/c1-3-13-31(14-4-2)28(34)24-17-23-12-11-22(18-25(23)30-26(29)19-24)20-7-9-21(10-8-20)27(33)32-15-5-6-16-32/h7-12,17,25-26,30H,3-6,13-16,18-19,29H2,1-2H3. The van der Waals surface area contributed by atoms with Crippen molar-refractivity contribution in [3.05, 3.63) is 64.8 Å². The van der Waals surface area contributed by atoms with Crippen molar-refractivity contribution in [2.24, 2.45) is 5.73 Å². The number of rotatable bonds is 7. The molecule has 34 heavy (non-hydrogen) atoms. The van der Waals surface area contributed by atoms with Crippen LogP contribution >= 0.6 is 0 Å². The van der Waals surface area contributed by atoms with E-state index in [9.17, 15) is 9.59 Å². The Morgan fingerprint density at radius 3 is 2.35 bits per heavy atom. The minimum atomic E-state index is -0.268. The fraction of sp³-hybridized carbons (Fsp3) is 0.500. The Labute approximate surface area is 203 Å². The Morgan fingerprint density at radius 2 is 1.71 bits per heavy atom. The highest BCUT2D eigenvalue weighted by Crippen LogP contribution is 2.31. The van der Waals surface area contributed by atoms with Crippen LogP contribution in [0.15, 0.2) is 53.6 Å². The minimum absolute atomic E-state index is 0.0667. The number of hydrogen-bond acceptors (Lipinski definition) is 4. The van der Waals surface area contributed by atoms with Crippen LogP contribution in [0.1, 0.15) is 68.3 Å². The van der Waals surface area contributed by atoms with E-state index in [1.807, 2.05) is 34.1 Å². The van der Waals surface area contributed by atoms with Crippen molar-refractivity contribution in [1.29, 1.82) is 0 Å². The summed E-state index contributed by atoms with van der Waals surface area (Å²) in [4.78, 5) is 29.8. The van der Waals surface area contributed by atoms with Crippen LogP contribution in [0, 0.1) is 0 Å². The molecule has 0 spiro atoms. The van der Waals surface area contributed by atoms with Gasteiger partial charge in [-0.3, -0.25) is 14.9 Å². The maximum atomic E-state index is 13.2. The lowest BCUT2D eigenvalue weighted by Crippen LogP contribution is -2.44. The second kappa shape index (κ2) is 11.2. The minimum Gasteiger partial charge on any atom is -0.339 e. The van der Waals surface area contributed by atoms with E-state index in [2.05, 4.69) is 37.4 Å². The lowest BCUT2D eigenvalue weighted by atomic mass is 9.88. The smallest absolute Gasteiger partial charge is 0.253 e. The number of nitrogens with zero attached hydrogens (tertiary/aromatic N) is 2. The van der Waals surface area contributed by atoms with Crippen molar-refractivity contribution in [2.45, 2.75) is 64.6 Å². The van der Waals surface area contributed by atoms with Crippen molar-refractivity contribution in [1.82, 2.24) is 15.1 Å². The molecule has 0 saturated carbocycles. The molecule has 2 amide bonds. The first-order valence-corrected chi connectivity index (χ1v) is 12.8. The molecule has 1 fully saturated rings. The van der Waals surface area contributed by atoms with Crippen LogP contribution in [0.5, 0.6) is 0 Å². The molecular weight excluding hydrogens is 424 g/mol. The van der Waals surface area contributed by atoms with Crippen LogP contribution in [0.4, 0.5) is 0 Å². The molecule has 4 rings (SSSR count). The monoisotopic (exact) mass is 462 g/mol. The van der Waals surface area contributed by atoms with Crippen LogP contribution in [0.2, 0.25) is 0 Å². The third-order valence-corrected chi connectivity index (χ3v) is 6.94. The van der Waals surface area contributed by atoms with Crippen LogP contribution in [-0.4, -0.2) is 60.0 Å². The van der Waals surface area contributed by atoms with E-state index in [-0.39, 0.29) is 24.0 Å². The molecule has 0 aromatic heterocycles. The van der Waals surface area contributed by atoms with Crippen molar-refractivity contribution in [3.63, 3.8) is 0 Å². The summed E-state index contributed by atoms with van der Waals surface area (Å²) in [6.07, 6.45) is 11.4. The molecule has 3 N–H and O–H groups in total. The Balaban J connectivity index is 1.53. The molecular formula is C28H38N4O2. The summed E-state index contributed by atoms with van der Waals surface area (Å²) in [5.41, 5.74) is 11.4. The van der Waals surface area contributed by atoms with Gasteiger partial charge in [-0.05, 0) is 67.0 Å². The lowest BCUT2D eigenvalue weighted by Gasteiger charge is -2.26. The summed E-state index contributed by atoms with van der Waals surface area (Å²) in [6.45, 7) is 7.47. The highest BCUT2D eigenvalue weighted by Gasteiger charge is 2.28. The number of amides is 2. The third kappa shape index (κ3) is 5.50. The summed E-state index contributed by atoms with van der Waals surface area (Å²) >= 11 is 0.